The van der Waals surface area contributed by atoms with Crippen molar-refractivity contribution in [2.75, 3.05) is 32.8 Å². The minimum atomic E-state index is -0.299. The SMILES string of the molecule is CCCC(C)COC(C)C(=O)N1CCNCC1. The average molecular weight is 242 g/mol. The molecule has 17 heavy (non-hydrogen) atoms. The smallest absolute Gasteiger partial charge is 0.251 e. The van der Waals surface area contributed by atoms with Crippen LogP contribution in [-0.2, 0) is 9.53 Å². The second kappa shape index (κ2) is 7.67. The van der Waals surface area contributed by atoms with Crippen molar-refractivity contribution in [3.8, 4) is 0 Å². The summed E-state index contributed by atoms with van der Waals surface area (Å²) >= 11 is 0. The third-order valence-corrected chi connectivity index (χ3v) is 3.19. The maximum Gasteiger partial charge on any atom is 0.251 e. The Kier molecular flexibility index (Phi) is 6.52. The lowest BCUT2D eigenvalue weighted by molar-refractivity contribution is -0.144. The molecular weight excluding hydrogens is 216 g/mol. The summed E-state index contributed by atoms with van der Waals surface area (Å²) in [4.78, 5) is 13.9. The van der Waals surface area contributed by atoms with Gasteiger partial charge < -0.3 is 15.0 Å². The van der Waals surface area contributed by atoms with Gasteiger partial charge in [0.15, 0.2) is 0 Å². The number of hydrogen-bond donors (Lipinski definition) is 1. The van der Waals surface area contributed by atoms with E-state index >= 15 is 0 Å². The second-order valence-electron chi connectivity index (χ2n) is 4.94. The Morgan fingerprint density at radius 1 is 1.35 bits per heavy atom. The Labute approximate surface area is 105 Å². The number of rotatable bonds is 6. The van der Waals surface area contributed by atoms with Gasteiger partial charge in [0, 0.05) is 26.2 Å². The minimum Gasteiger partial charge on any atom is -0.368 e. The van der Waals surface area contributed by atoms with Crippen LogP contribution in [0.3, 0.4) is 0 Å². The highest BCUT2D eigenvalue weighted by atomic mass is 16.5. The fourth-order valence-electron chi connectivity index (χ4n) is 2.10. The van der Waals surface area contributed by atoms with E-state index in [1.165, 1.54) is 6.42 Å². The lowest BCUT2D eigenvalue weighted by Crippen LogP contribution is -2.49. The zero-order valence-electron chi connectivity index (χ0n) is 11.4. The molecule has 1 aliphatic heterocycles. The standard InChI is InChI=1S/C13H26N2O2/c1-4-5-11(2)10-17-12(3)13(16)15-8-6-14-7-9-15/h11-12,14H,4-10H2,1-3H3. The van der Waals surface area contributed by atoms with Crippen LogP contribution in [0.1, 0.15) is 33.6 Å². The zero-order chi connectivity index (χ0) is 12.7. The third-order valence-electron chi connectivity index (χ3n) is 3.19. The van der Waals surface area contributed by atoms with Gasteiger partial charge in [-0.15, -0.1) is 0 Å². The Bertz CT molecular complexity index is 227. The molecule has 0 aromatic heterocycles. The summed E-state index contributed by atoms with van der Waals surface area (Å²) in [5.41, 5.74) is 0. The predicted octanol–water partition coefficient (Wildman–Crippen LogP) is 1.26. The van der Waals surface area contributed by atoms with E-state index in [1.807, 2.05) is 11.8 Å². The molecule has 1 saturated heterocycles. The van der Waals surface area contributed by atoms with E-state index in [9.17, 15) is 4.79 Å². The molecule has 100 valence electrons. The molecule has 0 aliphatic carbocycles. The van der Waals surface area contributed by atoms with Crippen molar-refractivity contribution in [2.45, 2.75) is 39.7 Å². The molecule has 4 heteroatoms. The normalized spacial score (nSPS) is 20.1. The van der Waals surface area contributed by atoms with Crippen LogP contribution in [0.5, 0.6) is 0 Å². The molecule has 1 fully saturated rings. The summed E-state index contributed by atoms with van der Waals surface area (Å²) < 4.78 is 5.66. The third kappa shape index (κ3) is 5.04. The first-order chi connectivity index (χ1) is 8.15. The summed E-state index contributed by atoms with van der Waals surface area (Å²) in [6.07, 6.45) is 2.03. The van der Waals surface area contributed by atoms with E-state index in [0.29, 0.717) is 12.5 Å². The van der Waals surface area contributed by atoms with Crippen molar-refractivity contribution < 1.29 is 9.53 Å². The lowest BCUT2D eigenvalue weighted by Gasteiger charge is -2.30. The molecule has 0 aromatic carbocycles. The fourth-order valence-corrected chi connectivity index (χ4v) is 2.10. The van der Waals surface area contributed by atoms with Gasteiger partial charge >= 0.3 is 0 Å². The van der Waals surface area contributed by atoms with Crippen molar-refractivity contribution >= 4 is 5.91 Å². The van der Waals surface area contributed by atoms with Gasteiger partial charge in [0.05, 0.1) is 6.61 Å². The van der Waals surface area contributed by atoms with Crippen molar-refractivity contribution in [3.63, 3.8) is 0 Å². The number of nitrogens with zero attached hydrogens (tertiary/aromatic N) is 1. The van der Waals surface area contributed by atoms with Crippen LogP contribution in [0.25, 0.3) is 0 Å². The van der Waals surface area contributed by atoms with Gasteiger partial charge in [0.2, 0.25) is 0 Å². The Hall–Kier alpha value is -0.610. The molecule has 2 atom stereocenters. The van der Waals surface area contributed by atoms with Gasteiger partial charge in [-0.25, -0.2) is 0 Å². The second-order valence-corrected chi connectivity index (χ2v) is 4.94. The van der Waals surface area contributed by atoms with Gasteiger partial charge in [-0.05, 0) is 19.3 Å². The van der Waals surface area contributed by atoms with E-state index < -0.39 is 0 Å². The van der Waals surface area contributed by atoms with E-state index in [4.69, 9.17) is 4.74 Å². The number of carbonyl (C=O) groups is 1. The molecule has 1 aliphatic rings. The summed E-state index contributed by atoms with van der Waals surface area (Å²) in [6.45, 7) is 10.3. The maximum atomic E-state index is 12.0. The lowest BCUT2D eigenvalue weighted by atomic mass is 10.1. The Morgan fingerprint density at radius 2 is 2.00 bits per heavy atom. The van der Waals surface area contributed by atoms with Crippen LogP contribution >= 0.6 is 0 Å². The number of amides is 1. The molecule has 4 nitrogen and oxygen atoms in total. The van der Waals surface area contributed by atoms with Crippen molar-refractivity contribution in [2.24, 2.45) is 5.92 Å². The quantitative estimate of drug-likeness (QED) is 0.762. The molecule has 1 rings (SSSR count). The van der Waals surface area contributed by atoms with Gasteiger partial charge in [0.25, 0.3) is 5.91 Å². The van der Waals surface area contributed by atoms with Crippen LogP contribution in [-0.4, -0.2) is 49.7 Å². The largest absolute Gasteiger partial charge is 0.368 e. The van der Waals surface area contributed by atoms with Gasteiger partial charge in [-0.3, -0.25) is 4.79 Å². The molecule has 1 amide bonds. The zero-order valence-corrected chi connectivity index (χ0v) is 11.4. The van der Waals surface area contributed by atoms with Crippen LogP contribution in [0.2, 0.25) is 0 Å². The molecule has 0 radical (unpaired) electrons. The first-order valence-electron chi connectivity index (χ1n) is 6.76. The summed E-state index contributed by atoms with van der Waals surface area (Å²) in [7, 11) is 0. The van der Waals surface area contributed by atoms with Crippen LogP contribution in [0.15, 0.2) is 0 Å². The van der Waals surface area contributed by atoms with E-state index in [-0.39, 0.29) is 12.0 Å². The van der Waals surface area contributed by atoms with E-state index in [1.54, 1.807) is 0 Å². The summed E-state index contributed by atoms with van der Waals surface area (Å²) in [5.74, 6) is 0.675. The highest BCUT2D eigenvalue weighted by Crippen LogP contribution is 2.08. The molecule has 1 N–H and O–H groups in total. The van der Waals surface area contributed by atoms with Crippen LogP contribution in [0, 0.1) is 5.92 Å². The maximum absolute atomic E-state index is 12.0. The monoisotopic (exact) mass is 242 g/mol. The van der Waals surface area contributed by atoms with E-state index in [0.717, 1.165) is 32.6 Å². The number of nitrogens with one attached hydrogen (secondary N) is 1. The highest BCUT2D eigenvalue weighted by molar-refractivity contribution is 5.80. The topological polar surface area (TPSA) is 41.6 Å². The summed E-state index contributed by atoms with van der Waals surface area (Å²) in [5, 5.41) is 3.24. The molecule has 0 bridgehead atoms. The van der Waals surface area contributed by atoms with Crippen LogP contribution in [0.4, 0.5) is 0 Å². The van der Waals surface area contributed by atoms with Gasteiger partial charge in [0.1, 0.15) is 6.10 Å². The molecule has 2 unspecified atom stereocenters. The fraction of sp³-hybridized carbons (Fsp3) is 0.923. The van der Waals surface area contributed by atoms with Crippen molar-refractivity contribution in [1.82, 2.24) is 10.2 Å². The van der Waals surface area contributed by atoms with Gasteiger partial charge in [-0.2, -0.15) is 0 Å². The molecule has 0 spiro atoms. The number of carbonyl (C=O) groups excluding carboxylic acids is 1. The molecule has 1 heterocycles. The van der Waals surface area contributed by atoms with Gasteiger partial charge in [-0.1, -0.05) is 20.3 Å². The Morgan fingerprint density at radius 3 is 2.59 bits per heavy atom. The highest BCUT2D eigenvalue weighted by Gasteiger charge is 2.22. The van der Waals surface area contributed by atoms with Crippen LogP contribution < -0.4 is 5.32 Å². The first kappa shape index (κ1) is 14.5. The first-order valence-corrected chi connectivity index (χ1v) is 6.76. The predicted molar refractivity (Wildman–Crippen MR) is 68.9 cm³/mol. The minimum absolute atomic E-state index is 0.134. The Balaban J connectivity index is 2.25. The van der Waals surface area contributed by atoms with Crippen molar-refractivity contribution in [3.05, 3.63) is 0 Å². The molecule has 0 saturated carbocycles. The number of hydrogen-bond acceptors (Lipinski definition) is 3. The van der Waals surface area contributed by atoms with Crippen molar-refractivity contribution in [1.29, 1.82) is 0 Å². The number of ether oxygens (including phenoxy) is 1. The molecular formula is C13H26N2O2. The molecule has 0 aromatic rings. The van der Waals surface area contributed by atoms with E-state index in [2.05, 4.69) is 19.2 Å². The number of piperazine rings is 1. The summed E-state index contributed by atoms with van der Waals surface area (Å²) in [6, 6.07) is 0. The average Bonchev–Trinajstić information content (AvgIpc) is 2.36.